The molecule has 194 valence electrons. The number of ether oxygens (including phenoxy) is 2. The number of amides is 4. The second-order valence-corrected chi connectivity index (χ2v) is 9.52. The van der Waals surface area contributed by atoms with E-state index in [1.54, 1.807) is 56.3 Å². The van der Waals surface area contributed by atoms with Crippen LogP contribution >= 0.6 is 0 Å². The summed E-state index contributed by atoms with van der Waals surface area (Å²) in [5.74, 6) is -3.85. The number of hydrogen-bond donors (Lipinski definition) is 3. The van der Waals surface area contributed by atoms with Gasteiger partial charge in [-0.05, 0) is 29.7 Å². The summed E-state index contributed by atoms with van der Waals surface area (Å²) in [7, 11) is 0. The molecule has 2 aromatic rings. The van der Waals surface area contributed by atoms with Gasteiger partial charge >= 0.3 is 0 Å². The summed E-state index contributed by atoms with van der Waals surface area (Å²) in [6, 6.07) is 12.1. The Bertz CT molecular complexity index is 1230. The zero-order chi connectivity index (χ0) is 26.7. The van der Waals surface area contributed by atoms with Crippen LogP contribution in [0.15, 0.2) is 48.5 Å². The third kappa shape index (κ3) is 5.63. The van der Waals surface area contributed by atoms with E-state index in [2.05, 4.69) is 16.0 Å². The quantitative estimate of drug-likeness (QED) is 0.348. The van der Waals surface area contributed by atoms with Gasteiger partial charge in [-0.1, -0.05) is 51.1 Å². The summed E-state index contributed by atoms with van der Waals surface area (Å²) in [6.45, 7) is 5.09. The van der Waals surface area contributed by atoms with Crippen LogP contribution in [0.5, 0.6) is 11.5 Å². The van der Waals surface area contributed by atoms with Crippen molar-refractivity contribution in [3.8, 4) is 11.5 Å². The van der Waals surface area contributed by atoms with E-state index in [0.717, 1.165) is 0 Å². The molecule has 0 saturated carbocycles. The van der Waals surface area contributed by atoms with Crippen LogP contribution in [-0.2, 0) is 19.2 Å². The van der Waals surface area contributed by atoms with Crippen LogP contribution in [0.3, 0.4) is 0 Å². The molecule has 0 spiro atoms. The Labute approximate surface area is 214 Å². The molecule has 0 unspecified atom stereocenters. The van der Waals surface area contributed by atoms with E-state index < -0.39 is 53.3 Å². The highest BCUT2D eigenvalue weighted by molar-refractivity contribution is 6.16. The predicted octanol–water partition coefficient (Wildman–Crippen LogP) is 1.90. The number of imide groups is 1. The smallest absolute Gasteiger partial charge is 0.251 e. The summed E-state index contributed by atoms with van der Waals surface area (Å²) in [5.41, 5.74) is 1.04. The zero-order valence-electron chi connectivity index (χ0n) is 20.8. The molecule has 2 aromatic carbocycles. The molecule has 10 heteroatoms. The van der Waals surface area contributed by atoms with Gasteiger partial charge in [-0.15, -0.1) is 0 Å². The van der Waals surface area contributed by atoms with Gasteiger partial charge in [-0.2, -0.15) is 0 Å². The van der Waals surface area contributed by atoms with Gasteiger partial charge < -0.3 is 20.1 Å². The van der Waals surface area contributed by atoms with Gasteiger partial charge in [0.25, 0.3) is 5.91 Å². The van der Waals surface area contributed by atoms with Crippen molar-refractivity contribution in [2.24, 2.45) is 17.8 Å². The van der Waals surface area contributed by atoms with Crippen LogP contribution in [0.4, 0.5) is 0 Å². The van der Waals surface area contributed by atoms with Gasteiger partial charge in [0.2, 0.25) is 24.5 Å². The molecular weight excluding hydrogens is 478 g/mol. The second kappa shape index (κ2) is 10.8. The average molecular weight is 508 g/mol. The number of nitrogens with one attached hydrogen (secondary N) is 3. The summed E-state index contributed by atoms with van der Waals surface area (Å²) >= 11 is 0. The predicted molar refractivity (Wildman–Crippen MR) is 131 cm³/mol. The Morgan fingerprint density at radius 3 is 2.32 bits per heavy atom. The Hall–Kier alpha value is -4.21. The fourth-order valence-electron chi connectivity index (χ4n) is 4.46. The van der Waals surface area contributed by atoms with Crippen molar-refractivity contribution in [2.75, 3.05) is 6.79 Å². The summed E-state index contributed by atoms with van der Waals surface area (Å²) in [4.78, 5) is 63.5. The first kappa shape index (κ1) is 25.9. The minimum absolute atomic E-state index is 0.0818. The van der Waals surface area contributed by atoms with E-state index in [1.165, 1.54) is 6.92 Å². The topological polar surface area (TPSA) is 140 Å². The molecule has 0 bridgehead atoms. The summed E-state index contributed by atoms with van der Waals surface area (Å²) in [6.07, 6.45) is -0.151. The first-order valence-electron chi connectivity index (χ1n) is 12.1. The lowest BCUT2D eigenvalue weighted by Crippen LogP contribution is -2.49. The maximum atomic E-state index is 13.2. The van der Waals surface area contributed by atoms with E-state index >= 15 is 0 Å². The highest BCUT2D eigenvalue weighted by Gasteiger charge is 2.46. The lowest BCUT2D eigenvalue weighted by molar-refractivity contribution is -0.137. The third-order valence-electron chi connectivity index (χ3n) is 6.57. The number of carbonyl (C=O) groups excluding carboxylic acids is 5. The molecule has 2 aliphatic heterocycles. The lowest BCUT2D eigenvalue weighted by Gasteiger charge is -2.26. The van der Waals surface area contributed by atoms with E-state index in [4.69, 9.17) is 9.47 Å². The molecule has 4 amide bonds. The molecular formula is C27H29N3O7. The second-order valence-electron chi connectivity index (χ2n) is 9.52. The average Bonchev–Trinajstić information content (AvgIpc) is 3.44. The number of rotatable bonds is 9. The van der Waals surface area contributed by atoms with Crippen molar-refractivity contribution in [3.05, 3.63) is 59.7 Å². The largest absolute Gasteiger partial charge is 0.454 e. The molecule has 2 heterocycles. The molecule has 10 nitrogen and oxygen atoms in total. The zero-order valence-corrected chi connectivity index (χ0v) is 20.8. The standard InChI is InChI=1S/C27H29N3O7/c1-14(2)23(24(32)22-15(3)25(33)30-27(22)35)29-21(31)12-18(16-7-5-4-6-8-16)28-26(34)17-9-10-19-20(11-17)37-13-36-19/h4-11,14-15,18,22-23H,12-13H2,1-3H3,(H,28,34)(H,29,31)(H,30,33,35)/t15-,18-,22+,23-/m0/s1. The number of benzene rings is 2. The van der Waals surface area contributed by atoms with Crippen molar-refractivity contribution in [2.45, 2.75) is 39.3 Å². The molecule has 4 atom stereocenters. The number of Topliss-reactive ketones (excluding diaryl/α,β-unsaturated/α-hetero) is 1. The first-order valence-corrected chi connectivity index (χ1v) is 12.1. The number of ketones is 1. The fourth-order valence-corrected chi connectivity index (χ4v) is 4.46. The molecule has 0 aromatic heterocycles. The molecule has 2 aliphatic rings. The van der Waals surface area contributed by atoms with Gasteiger partial charge in [-0.25, -0.2) is 0 Å². The Morgan fingerprint density at radius 2 is 1.68 bits per heavy atom. The van der Waals surface area contributed by atoms with E-state index in [0.29, 0.717) is 22.6 Å². The van der Waals surface area contributed by atoms with Gasteiger partial charge in [0.15, 0.2) is 17.3 Å². The van der Waals surface area contributed by atoms with Crippen molar-refractivity contribution in [1.82, 2.24) is 16.0 Å². The molecule has 1 saturated heterocycles. The number of hydrogen-bond acceptors (Lipinski definition) is 7. The van der Waals surface area contributed by atoms with Crippen molar-refractivity contribution < 1.29 is 33.4 Å². The fraction of sp³-hybridized carbons (Fsp3) is 0.370. The van der Waals surface area contributed by atoms with Crippen LogP contribution in [0.2, 0.25) is 0 Å². The number of fused-ring (bicyclic) bond motifs is 1. The summed E-state index contributed by atoms with van der Waals surface area (Å²) in [5, 5.41) is 7.79. The van der Waals surface area contributed by atoms with Crippen LogP contribution in [0.25, 0.3) is 0 Å². The van der Waals surface area contributed by atoms with Gasteiger partial charge in [0.1, 0.15) is 5.92 Å². The minimum atomic E-state index is -1.16. The van der Waals surface area contributed by atoms with E-state index in [9.17, 15) is 24.0 Å². The van der Waals surface area contributed by atoms with Crippen LogP contribution in [-0.4, -0.2) is 42.2 Å². The lowest BCUT2D eigenvalue weighted by atomic mass is 9.85. The van der Waals surface area contributed by atoms with Crippen molar-refractivity contribution >= 4 is 29.4 Å². The van der Waals surface area contributed by atoms with Crippen LogP contribution in [0.1, 0.15) is 49.2 Å². The maximum Gasteiger partial charge on any atom is 0.251 e. The molecule has 4 rings (SSSR count). The highest BCUT2D eigenvalue weighted by Crippen LogP contribution is 2.32. The monoisotopic (exact) mass is 507 g/mol. The third-order valence-corrected chi connectivity index (χ3v) is 6.57. The Kier molecular flexibility index (Phi) is 7.56. The minimum Gasteiger partial charge on any atom is -0.454 e. The molecule has 1 fully saturated rings. The Balaban J connectivity index is 1.49. The Morgan fingerprint density at radius 1 is 0.973 bits per heavy atom. The van der Waals surface area contributed by atoms with Crippen LogP contribution < -0.4 is 25.4 Å². The molecule has 37 heavy (non-hydrogen) atoms. The van der Waals surface area contributed by atoms with Crippen LogP contribution in [0, 0.1) is 17.8 Å². The van der Waals surface area contributed by atoms with E-state index in [1.807, 2.05) is 6.07 Å². The van der Waals surface area contributed by atoms with Gasteiger partial charge in [-0.3, -0.25) is 29.3 Å². The van der Waals surface area contributed by atoms with Gasteiger partial charge in [0.05, 0.1) is 24.4 Å². The van der Waals surface area contributed by atoms with Gasteiger partial charge in [0, 0.05) is 5.56 Å². The maximum absolute atomic E-state index is 13.2. The van der Waals surface area contributed by atoms with E-state index in [-0.39, 0.29) is 19.1 Å². The highest BCUT2D eigenvalue weighted by atomic mass is 16.7. The first-order chi connectivity index (χ1) is 17.7. The molecule has 0 radical (unpaired) electrons. The SMILES string of the molecule is CC(C)[C@H](NC(=O)C[C@H](NC(=O)c1ccc2c(c1)OCO2)c1ccccc1)C(=O)[C@@H]1C(=O)NC(=O)[C@H]1C. The van der Waals surface area contributed by atoms with Crippen molar-refractivity contribution in [1.29, 1.82) is 0 Å². The number of carbonyl (C=O) groups is 5. The summed E-state index contributed by atoms with van der Waals surface area (Å²) < 4.78 is 10.6. The molecule has 0 aliphatic carbocycles. The normalized spacial score (nSPS) is 19.8. The van der Waals surface area contributed by atoms with Crippen molar-refractivity contribution in [3.63, 3.8) is 0 Å². The molecule has 3 N–H and O–H groups in total.